The van der Waals surface area contributed by atoms with E-state index in [-0.39, 0.29) is 11.9 Å². The van der Waals surface area contributed by atoms with Crippen LogP contribution in [0.5, 0.6) is 0 Å². The van der Waals surface area contributed by atoms with Gasteiger partial charge in [0, 0.05) is 37.7 Å². The lowest BCUT2D eigenvalue weighted by Crippen LogP contribution is -2.43. The second-order valence-electron chi connectivity index (χ2n) is 6.40. The van der Waals surface area contributed by atoms with E-state index in [0.717, 1.165) is 28.5 Å². The van der Waals surface area contributed by atoms with Crippen LogP contribution in [0, 0.1) is 20.8 Å². The molecule has 0 radical (unpaired) electrons. The van der Waals surface area contributed by atoms with Crippen molar-refractivity contribution < 1.29 is 13.9 Å². The van der Waals surface area contributed by atoms with Gasteiger partial charge in [0.15, 0.2) is 0 Å². The fourth-order valence-corrected chi connectivity index (χ4v) is 3.41. The Hall–Kier alpha value is -2.08. The van der Waals surface area contributed by atoms with Gasteiger partial charge in [0.05, 0.1) is 24.9 Å². The number of aromatic nitrogens is 2. The monoisotopic (exact) mass is 331 g/mol. The topological polar surface area (TPSA) is 60.5 Å². The Morgan fingerprint density at radius 1 is 1.33 bits per heavy atom. The van der Waals surface area contributed by atoms with E-state index in [1.807, 2.05) is 49.5 Å². The maximum absolute atomic E-state index is 12.8. The zero-order valence-corrected chi connectivity index (χ0v) is 14.8. The number of amides is 1. The molecule has 1 aliphatic heterocycles. The van der Waals surface area contributed by atoms with Gasteiger partial charge in [-0.15, -0.1) is 0 Å². The summed E-state index contributed by atoms with van der Waals surface area (Å²) in [6.07, 6.45) is 1.07. The first-order valence-corrected chi connectivity index (χ1v) is 8.40. The zero-order valence-electron chi connectivity index (χ0n) is 14.8. The molecule has 2 aromatic heterocycles. The van der Waals surface area contributed by atoms with Gasteiger partial charge < -0.3 is 14.1 Å². The first-order valence-electron chi connectivity index (χ1n) is 8.40. The molecule has 0 aromatic carbocycles. The number of hydrogen-bond donors (Lipinski definition) is 0. The Kier molecular flexibility index (Phi) is 4.76. The number of carbonyl (C=O) groups is 1. The number of aryl methyl sites for hydroxylation is 4. The molecule has 0 bridgehead atoms. The molecular weight excluding hydrogens is 306 g/mol. The molecule has 0 aliphatic carbocycles. The molecule has 1 saturated heterocycles. The number of ether oxygens (including phenoxy) is 1. The Morgan fingerprint density at radius 3 is 2.75 bits per heavy atom. The maximum Gasteiger partial charge on any atom is 0.223 e. The lowest BCUT2D eigenvalue weighted by atomic mass is 10.0. The average molecular weight is 331 g/mol. The number of hydrogen-bond acceptors (Lipinski definition) is 4. The van der Waals surface area contributed by atoms with Crippen molar-refractivity contribution in [3.63, 3.8) is 0 Å². The predicted molar refractivity (Wildman–Crippen MR) is 89.7 cm³/mol. The molecular formula is C18H25N3O3. The van der Waals surface area contributed by atoms with E-state index in [1.54, 1.807) is 0 Å². The largest absolute Gasteiger partial charge is 0.466 e. The van der Waals surface area contributed by atoms with Crippen LogP contribution < -0.4 is 0 Å². The van der Waals surface area contributed by atoms with Crippen molar-refractivity contribution in [3.05, 3.63) is 40.6 Å². The van der Waals surface area contributed by atoms with Gasteiger partial charge in [-0.2, -0.15) is 5.10 Å². The van der Waals surface area contributed by atoms with Crippen molar-refractivity contribution >= 4 is 5.91 Å². The van der Waals surface area contributed by atoms with E-state index in [4.69, 9.17) is 9.15 Å². The molecule has 1 aliphatic rings. The number of rotatable bonds is 4. The molecule has 2 aromatic rings. The van der Waals surface area contributed by atoms with Crippen LogP contribution >= 0.6 is 0 Å². The molecule has 1 amide bonds. The Morgan fingerprint density at radius 2 is 2.12 bits per heavy atom. The maximum atomic E-state index is 12.8. The van der Waals surface area contributed by atoms with Crippen molar-refractivity contribution in [1.82, 2.24) is 14.7 Å². The first-order chi connectivity index (χ1) is 11.5. The van der Waals surface area contributed by atoms with Crippen LogP contribution in [0.2, 0.25) is 0 Å². The third-order valence-corrected chi connectivity index (χ3v) is 4.73. The standard InChI is InChI=1S/C18H25N3O3/c1-12-5-6-15(24-12)7-8-17(22)21-9-10-23-11-16(21)18-13(2)19-20(4)14(18)3/h5-6,16H,7-11H2,1-4H3/t16-/m1/s1. The molecule has 24 heavy (non-hydrogen) atoms. The summed E-state index contributed by atoms with van der Waals surface area (Å²) >= 11 is 0. The summed E-state index contributed by atoms with van der Waals surface area (Å²) in [6, 6.07) is 3.81. The normalized spacial score (nSPS) is 18.2. The second-order valence-corrected chi connectivity index (χ2v) is 6.40. The minimum Gasteiger partial charge on any atom is -0.466 e. The molecule has 130 valence electrons. The molecule has 3 heterocycles. The van der Waals surface area contributed by atoms with Crippen molar-refractivity contribution in [1.29, 1.82) is 0 Å². The molecule has 0 saturated carbocycles. The van der Waals surface area contributed by atoms with E-state index < -0.39 is 0 Å². The van der Waals surface area contributed by atoms with Gasteiger partial charge in [-0.3, -0.25) is 9.48 Å². The Labute approximate surface area is 142 Å². The lowest BCUT2D eigenvalue weighted by Gasteiger charge is -2.36. The highest BCUT2D eigenvalue weighted by atomic mass is 16.5. The lowest BCUT2D eigenvalue weighted by molar-refractivity contribution is -0.140. The molecule has 1 atom stereocenters. The summed E-state index contributed by atoms with van der Waals surface area (Å²) in [5, 5.41) is 4.48. The third-order valence-electron chi connectivity index (χ3n) is 4.73. The van der Waals surface area contributed by atoms with Gasteiger partial charge in [0.25, 0.3) is 0 Å². The summed E-state index contributed by atoms with van der Waals surface area (Å²) in [4.78, 5) is 14.7. The van der Waals surface area contributed by atoms with Crippen LogP contribution in [0.3, 0.4) is 0 Å². The Balaban J connectivity index is 1.75. The minimum absolute atomic E-state index is 0.0571. The van der Waals surface area contributed by atoms with E-state index >= 15 is 0 Å². The summed E-state index contributed by atoms with van der Waals surface area (Å²) in [7, 11) is 1.93. The SMILES string of the molecule is Cc1ccc(CCC(=O)N2CCOC[C@@H]2c2c(C)nn(C)c2C)o1. The number of nitrogens with zero attached hydrogens (tertiary/aromatic N) is 3. The van der Waals surface area contributed by atoms with E-state index in [0.29, 0.717) is 32.6 Å². The number of morpholine rings is 1. The van der Waals surface area contributed by atoms with Gasteiger partial charge in [-0.1, -0.05) is 0 Å². The van der Waals surface area contributed by atoms with E-state index in [9.17, 15) is 4.79 Å². The van der Waals surface area contributed by atoms with Gasteiger partial charge in [-0.25, -0.2) is 0 Å². The Bertz CT molecular complexity index is 732. The quantitative estimate of drug-likeness (QED) is 0.863. The fourth-order valence-electron chi connectivity index (χ4n) is 3.41. The van der Waals surface area contributed by atoms with E-state index in [1.165, 1.54) is 0 Å². The van der Waals surface area contributed by atoms with Gasteiger partial charge in [0.1, 0.15) is 11.5 Å². The van der Waals surface area contributed by atoms with Crippen LogP contribution in [-0.4, -0.2) is 40.3 Å². The third kappa shape index (κ3) is 3.24. The highest BCUT2D eigenvalue weighted by Crippen LogP contribution is 2.29. The summed E-state index contributed by atoms with van der Waals surface area (Å²) in [6.45, 7) is 7.68. The van der Waals surface area contributed by atoms with E-state index in [2.05, 4.69) is 5.10 Å². The highest BCUT2D eigenvalue weighted by Gasteiger charge is 2.32. The molecule has 3 rings (SSSR count). The van der Waals surface area contributed by atoms with Gasteiger partial charge in [0.2, 0.25) is 5.91 Å². The van der Waals surface area contributed by atoms with Crippen molar-refractivity contribution in [3.8, 4) is 0 Å². The van der Waals surface area contributed by atoms with Crippen molar-refractivity contribution in [2.24, 2.45) is 7.05 Å². The molecule has 0 N–H and O–H groups in total. The molecule has 0 unspecified atom stereocenters. The second kappa shape index (κ2) is 6.81. The zero-order chi connectivity index (χ0) is 17.3. The highest BCUT2D eigenvalue weighted by molar-refractivity contribution is 5.77. The van der Waals surface area contributed by atoms with Crippen LogP contribution in [0.4, 0.5) is 0 Å². The molecule has 6 heteroatoms. The smallest absolute Gasteiger partial charge is 0.223 e. The summed E-state index contributed by atoms with van der Waals surface area (Å²) < 4.78 is 13.1. The molecule has 1 fully saturated rings. The number of furan rings is 1. The van der Waals surface area contributed by atoms with Gasteiger partial charge >= 0.3 is 0 Å². The minimum atomic E-state index is -0.0571. The van der Waals surface area contributed by atoms with Crippen LogP contribution in [-0.2, 0) is 23.0 Å². The predicted octanol–water partition coefficient (Wildman–Crippen LogP) is 2.47. The van der Waals surface area contributed by atoms with Crippen molar-refractivity contribution in [2.45, 2.75) is 39.7 Å². The van der Waals surface area contributed by atoms with Gasteiger partial charge in [-0.05, 0) is 32.9 Å². The summed E-state index contributed by atoms with van der Waals surface area (Å²) in [5.74, 6) is 1.88. The van der Waals surface area contributed by atoms with Crippen LogP contribution in [0.15, 0.2) is 16.5 Å². The van der Waals surface area contributed by atoms with Crippen LogP contribution in [0.1, 0.15) is 40.9 Å². The average Bonchev–Trinajstić information content (AvgIpc) is 3.08. The van der Waals surface area contributed by atoms with Crippen molar-refractivity contribution in [2.75, 3.05) is 19.8 Å². The molecule has 6 nitrogen and oxygen atoms in total. The number of carbonyl (C=O) groups excluding carboxylic acids is 1. The molecule has 0 spiro atoms. The summed E-state index contributed by atoms with van der Waals surface area (Å²) in [5.41, 5.74) is 3.16. The van der Waals surface area contributed by atoms with Crippen LogP contribution in [0.25, 0.3) is 0 Å². The first kappa shape index (κ1) is 16.8. The fraction of sp³-hybridized carbons (Fsp3) is 0.556.